The van der Waals surface area contributed by atoms with Gasteiger partial charge in [-0.15, -0.1) is 0 Å². The van der Waals surface area contributed by atoms with E-state index in [1.54, 1.807) is 6.20 Å². The molecule has 2 aromatic rings. The zero-order valence-electron chi connectivity index (χ0n) is 9.47. The van der Waals surface area contributed by atoms with Gasteiger partial charge >= 0.3 is 0 Å². The normalized spacial score (nSPS) is 19.6. The second kappa shape index (κ2) is 4.63. The number of rotatable bonds is 3. The van der Waals surface area contributed by atoms with Gasteiger partial charge in [0.25, 0.3) is 0 Å². The Bertz CT molecular complexity index is 476. The summed E-state index contributed by atoms with van der Waals surface area (Å²) in [4.78, 5) is 8.65. The zero-order valence-corrected chi connectivity index (χ0v) is 9.47. The average molecular weight is 230 g/mol. The first kappa shape index (κ1) is 10.4. The molecule has 2 aromatic heterocycles. The third kappa shape index (κ3) is 2.34. The summed E-state index contributed by atoms with van der Waals surface area (Å²) < 4.78 is 5.27. The van der Waals surface area contributed by atoms with Crippen LogP contribution in [-0.4, -0.2) is 21.7 Å². The lowest BCUT2D eigenvalue weighted by molar-refractivity contribution is 0.341. The standard InChI is InChI=1S/C12H14N4O/c1-2-6-13-9(4-1)8-11-15-12(17-16-11)10-5-3-7-14-10/h1-2,4,6,10,14H,3,5,7-8H2. The Balaban J connectivity index is 1.72. The summed E-state index contributed by atoms with van der Waals surface area (Å²) in [7, 11) is 0. The first-order chi connectivity index (χ1) is 8.42. The molecule has 0 aliphatic carbocycles. The Kier molecular flexibility index (Phi) is 2.83. The van der Waals surface area contributed by atoms with Crippen molar-refractivity contribution in [2.45, 2.75) is 25.3 Å². The molecule has 88 valence electrons. The summed E-state index contributed by atoms with van der Waals surface area (Å²) in [6.07, 6.45) is 4.64. The first-order valence-electron chi connectivity index (χ1n) is 5.87. The monoisotopic (exact) mass is 230 g/mol. The Morgan fingerprint density at radius 1 is 1.41 bits per heavy atom. The third-order valence-corrected chi connectivity index (χ3v) is 2.91. The number of pyridine rings is 1. The fraction of sp³-hybridized carbons (Fsp3) is 0.417. The van der Waals surface area contributed by atoms with Crippen LogP contribution in [0.4, 0.5) is 0 Å². The molecule has 5 nitrogen and oxygen atoms in total. The molecule has 3 heterocycles. The molecular formula is C12H14N4O. The Morgan fingerprint density at radius 2 is 2.41 bits per heavy atom. The van der Waals surface area contributed by atoms with Gasteiger partial charge in [-0.3, -0.25) is 4.98 Å². The first-order valence-corrected chi connectivity index (χ1v) is 5.87. The third-order valence-electron chi connectivity index (χ3n) is 2.91. The molecule has 1 aliphatic rings. The van der Waals surface area contributed by atoms with Crippen molar-refractivity contribution in [3.8, 4) is 0 Å². The highest BCUT2D eigenvalue weighted by molar-refractivity contribution is 5.09. The van der Waals surface area contributed by atoms with Crippen LogP contribution in [0.1, 0.15) is 36.3 Å². The molecule has 0 spiro atoms. The van der Waals surface area contributed by atoms with Crippen LogP contribution in [0.5, 0.6) is 0 Å². The number of hydrogen-bond acceptors (Lipinski definition) is 5. The Labute approximate surface area is 99.3 Å². The van der Waals surface area contributed by atoms with Gasteiger partial charge in [-0.05, 0) is 31.5 Å². The molecule has 0 saturated carbocycles. The van der Waals surface area contributed by atoms with Crippen LogP contribution in [0.25, 0.3) is 0 Å². The number of nitrogens with zero attached hydrogens (tertiary/aromatic N) is 3. The summed E-state index contributed by atoms with van der Waals surface area (Å²) in [5.41, 5.74) is 0.958. The van der Waals surface area contributed by atoms with Gasteiger partial charge in [0, 0.05) is 11.9 Å². The fourth-order valence-corrected chi connectivity index (χ4v) is 2.04. The van der Waals surface area contributed by atoms with Gasteiger partial charge in [0.2, 0.25) is 5.89 Å². The fourth-order valence-electron chi connectivity index (χ4n) is 2.04. The van der Waals surface area contributed by atoms with Crippen molar-refractivity contribution < 1.29 is 4.52 Å². The summed E-state index contributed by atoms with van der Waals surface area (Å²) >= 11 is 0. The molecule has 0 radical (unpaired) electrons. The molecule has 1 aliphatic heterocycles. The topological polar surface area (TPSA) is 63.8 Å². The molecule has 1 unspecified atom stereocenters. The number of nitrogens with one attached hydrogen (secondary N) is 1. The van der Waals surface area contributed by atoms with Crippen LogP contribution in [-0.2, 0) is 6.42 Å². The molecule has 3 rings (SSSR count). The molecule has 5 heteroatoms. The van der Waals surface area contributed by atoms with Gasteiger partial charge in [0.05, 0.1) is 12.5 Å². The van der Waals surface area contributed by atoms with Crippen molar-refractivity contribution in [2.24, 2.45) is 0 Å². The SMILES string of the molecule is c1ccc(Cc2noc(C3CCCN3)n2)nc1. The van der Waals surface area contributed by atoms with Crippen LogP contribution in [0, 0.1) is 0 Å². The quantitative estimate of drug-likeness (QED) is 0.865. The van der Waals surface area contributed by atoms with E-state index in [4.69, 9.17) is 4.52 Å². The molecular weight excluding hydrogens is 216 g/mol. The lowest BCUT2D eigenvalue weighted by atomic mass is 10.2. The Hall–Kier alpha value is -1.75. The number of hydrogen-bond donors (Lipinski definition) is 1. The lowest BCUT2D eigenvalue weighted by Crippen LogP contribution is -2.13. The molecule has 0 aromatic carbocycles. The van der Waals surface area contributed by atoms with E-state index in [0.29, 0.717) is 18.1 Å². The molecule has 1 fully saturated rings. The van der Waals surface area contributed by atoms with E-state index in [2.05, 4.69) is 20.4 Å². The maximum absolute atomic E-state index is 5.27. The lowest BCUT2D eigenvalue weighted by Gasteiger charge is -2.01. The highest BCUT2D eigenvalue weighted by Gasteiger charge is 2.22. The van der Waals surface area contributed by atoms with Gasteiger partial charge in [0.1, 0.15) is 0 Å². The molecule has 1 N–H and O–H groups in total. The molecule has 1 atom stereocenters. The van der Waals surface area contributed by atoms with E-state index >= 15 is 0 Å². The maximum Gasteiger partial charge on any atom is 0.243 e. The van der Waals surface area contributed by atoms with E-state index < -0.39 is 0 Å². The summed E-state index contributed by atoms with van der Waals surface area (Å²) in [5, 5.41) is 7.33. The van der Waals surface area contributed by atoms with Crippen LogP contribution < -0.4 is 5.32 Å². The summed E-state index contributed by atoms with van der Waals surface area (Å²) in [5.74, 6) is 1.40. The van der Waals surface area contributed by atoms with Crippen LogP contribution in [0.3, 0.4) is 0 Å². The van der Waals surface area contributed by atoms with Crippen molar-refractivity contribution in [3.05, 3.63) is 41.8 Å². The predicted octanol–water partition coefficient (Wildman–Crippen LogP) is 1.48. The van der Waals surface area contributed by atoms with Crippen molar-refractivity contribution in [2.75, 3.05) is 6.54 Å². The van der Waals surface area contributed by atoms with Gasteiger partial charge < -0.3 is 9.84 Å². The van der Waals surface area contributed by atoms with E-state index in [-0.39, 0.29) is 6.04 Å². The molecule has 1 saturated heterocycles. The smallest absolute Gasteiger partial charge is 0.243 e. The zero-order chi connectivity index (χ0) is 11.5. The van der Waals surface area contributed by atoms with Crippen molar-refractivity contribution in [1.29, 1.82) is 0 Å². The minimum absolute atomic E-state index is 0.236. The van der Waals surface area contributed by atoms with Crippen molar-refractivity contribution >= 4 is 0 Å². The van der Waals surface area contributed by atoms with Gasteiger partial charge in [-0.1, -0.05) is 11.2 Å². The summed E-state index contributed by atoms with van der Waals surface area (Å²) in [6.45, 7) is 1.03. The van der Waals surface area contributed by atoms with Gasteiger partial charge in [-0.2, -0.15) is 4.98 Å². The van der Waals surface area contributed by atoms with Gasteiger partial charge in [-0.25, -0.2) is 0 Å². The highest BCUT2D eigenvalue weighted by atomic mass is 16.5. The predicted molar refractivity (Wildman–Crippen MR) is 61.3 cm³/mol. The minimum atomic E-state index is 0.236. The molecule has 0 bridgehead atoms. The van der Waals surface area contributed by atoms with Crippen molar-refractivity contribution in [1.82, 2.24) is 20.4 Å². The molecule has 0 amide bonds. The van der Waals surface area contributed by atoms with E-state index in [1.165, 1.54) is 6.42 Å². The van der Waals surface area contributed by atoms with E-state index in [0.717, 1.165) is 18.7 Å². The largest absolute Gasteiger partial charge is 0.338 e. The average Bonchev–Trinajstić information content (AvgIpc) is 3.00. The maximum atomic E-state index is 5.27. The van der Waals surface area contributed by atoms with Gasteiger partial charge in [0.15, 0.2) is 5.82 Å². The van der Waals surface area contributed by atoms with Crippen LogP contribution in [0.15, 0.2) is 28.9 Å². The van der Waals surface area contributed by atoms with Crippen LogP contribution >= 0.6 is 0 Å². The highest BCUT2D eigenvalue weighted by Crippen LogP contribution is 2.21. The van der Waals surface area contributed by atoms with E-state index in [1.807, 2.05) is 18.2 Å². The van der Waals surface area contributed by atoms with E-state index in [9.17, 15) is 0 Å². The number of aromatic nitrogens is 3. The van der Waals surface area contributed by atoms with Crippen LogP contribution in [0.2, 0.25) is 0 Å². The molecule has 17 heavy (non-hydrogen) atoms. The summed E-state index contributed by atoms with van der Waals surface area (Å²) in [6, 6.07) is 6.05. The minimum Gasteiger partial charge on any atom is -0.338 e. The second-order valence-electron chi connectivity index (χ2n) is 4.20. The second-order valence-corrected chi connectivity index (χ2v) is 4.20. The van der Waals surface area contributed by atoms with Crippen molar-refractivity contribution in [3.63, 3.8) is 0 Å². The Morgan fingerprint density at radius 3 is 3.18 bits per heavy atom.